The second-order valence-electron chi connectivity index (χ2n) is 17.5. The molecule has 0 bridgehead atoms. The Labute approximate surface area is 378 Å². The molecule has 3 atom stereocenters. The van der Waals surface area contributed by atoms with Gasteiger partial charge in [-0.3, -0.25) is 9.59 Å². The van der Waals surface area contributed by atoms with Crippen molar-refractivity contribution in [3.8, 4) is 0 Å². The molecular formula is C55H99NO5. The van der Waals surface area contributed by atoms with E-state index in [9.17, 15) is 19.8 Å². The zero-order valence-corrected chi connectivity index (χ0v) is 40.3. The van der Waals surface area contributed by atoms with Gasteiger partial charge < -0.3 is 20.3 Å². The van der Waals surface area contributed by atoms with Crippen LogP contribution in [0, 0.1) is 0 Å². The van der Waals surface area contributed by atoms with Gasteiger partial charge in [-0.1, -0.05) is 216 Å². The van der Waals surface area contributed by atoms with Gasteiger partial charge in [0.2, 0.25) is 5.91 Å². The van der Waals surface area contributed by atoms with Gasteiger partial charge in [0.05, 0.1) is 25.2 Å². The van der Waals surface area contributed by atoms with Gasteiger partial charge >= 0.3 is 5.97 Å². The number of carbonyl (C=O) groups excluding carboxylic acids is 2. The van der Waals surface area contributed by atoms with Crippen molar-refractivity contribution in [3.05, 3.63) is 60.8 Å². The minimum absolute atomic E-state index is 0.0524. The Hall–Kier alpha value is -2.44. The lowest BCUT2D eigenvalue weighted by molar-refractivity contribution is -0.151. The molecule has 0 aromatic heterocycles. The summed E-state index contributed by atoms with van der Waals surface area (Å²) < 4.78 is 5.89. The topological polar surface area (TPSA) is 95.9 Å². The fourth-order valence-corrected chi connectivity index (χ4v) is 7.64. The van der Waals surface area contributed by atoms with Crippen molar-refractivity contribution in [2.75, 3.05) is 6.61 Å². The molecule has 0 saturated carbocycles. The van der Waals surface area contributed by atoms with Crippen LogP contribution in [0.1, 0.15) is 252 Å². The third-order valence-corrected chi connectivity index (χ3v) is 11.6. The predicted molar refractivity (Wildman–Crippen MR) is 264 cm³/mol. The molecule has 0 aliphatic carbocycles. The van der Waals surface area contributed by atoms with E-state index in [1.165, 1.54) is 103 Å². The Bertz CT molecular complexity index is 1090. The van der Waals surface area contributed by atoms with Gasteiger partial charge in [0.1, 0.15) is 6.10 Å². The maximum Gasteiger partial charge on any atom is 0.306 e. The lowest BCUT2D eigenvalue weighted by atomic mass is 10.0. The highest BCUT2D eigenvalue weighted by atomic mass is 16.5. The minimum atomic E-state index is -0.798. The number of rotatable bonds is 46. The van der Waals surface area contributed by atoms with Crippen LogP contribution in [-0.4, -0.2) is 46.9 Å². The molecule has 0 rings (SSSR count). The number of nitrogens with one attached hydrogen (secondary N) is 1. The van der Waals surface area contributed by atoms with E-state index in [2.05, 4.69) is 86.8 Å². The van der Waals surface area contributed by atoms with Crippen molar-refractivity contribution < 1.29 is 24.5 Å². The van der Waals surface area contributed by atoms with E-state index in [1.807, 2.05) is 0 Å². The summed E-state index contributed by atoms with van der Waals surface area (Å²) in [4.78, 5) is 26.1. The van der Waals surface area contributed by atoms with Crippen molar-refractivity contribution >= 4 is 11.9 Å². The van der Waals surface area contributed by atoms with Gasteiger partial charge in [0.25, 0.3) is 0 Å². The highest BCUT2D eigenvalue weighted by Gasteiger charge is 2.24. The van der Waals surface area contributed by atoms with Crippen molar-refractivity contribution in [2.24, 2.45) is 0 Å². The second kappa shape index (κ2) is 48.6. The third-order valence-electron chi connectivity index (χ3n) is 11.6. The first-order chi connectivity index (χ1) is 30.0. The SMILES string of the molecule is CC/C=C/C/C=C/C/C=C/C/C=C/CCCCCC(=O)OC(CCCCC/C=C\CCCC)CC(=O)NC(CO)C(O)CCCCCCCCCCCCCCCCCCC. The number of aliphatic hydroxyl groups is 2. The van der Waals surface area contributed by atoms with Crippen LogP contribution in [0.5, 0.6) is 0 Å². The van der Waals surface area contributed by atoms with Gasteiger partial charge in [0, 0.05) is 6.42 Å². The predicted octanol–water partition coefficient (Wildman–Crippen LogP) is 15.6. The smallest absolute Gasteiger partial charge is 0.306 e. The molecule has 0 radical (unpaired) electrons. The molecule has 0 aromatic rings. The van der Waals surface area contributed by atoms with Gasteiger partial charge in [-0.25, -0.2) is 0 Å². The van der Waals surface area contributed by atoms with Crippen LogP contribution < -0.4 is 5.32 Å². The number of hydrogen-bond acceptors (Lipinski definition) is 5. The van der Waals surface area contributed by atoms with E-state index >= 15 is 0 Å². The highest BCUT2D eigenvalue weighted by molar-refractivity contribution is 5.77. The molecule has 0 aromatic carbocycles. The summed E-state index contributed by atoms with van der Waals surface area (Å²) in [5, 5.41) is 23.8. The molecule has 0 spiro atoms. The summed E-state index contributed by atoms with van der Waals surface area (Å²) in [6, 6.07) is -0.713. The molecule has 61 heavy (non-hydrogen) atoms. The van der Waals surface area contributed by atoms with Crippen LogP contribution in [0.4, 0.5) is 0 Å². The molecule has 0 aliphatic rings. The second-order valence-corrected chi connectivity index (χ2v) is 17.5. The Morgan fingerprint density at radius 3 is 1.41 bits per heavy atom. The molecule has 0 heterocycles. The van der Waals surface area contributed by atoms with Crippen LogP contribution in [0.15, 0.2) is 60.8 Å². The zero-order chi connectivity index (χ0) is 44.5. The van der Waals surface area contributed by atoms with Crippen molar-refractivity contribution in [1.29, 1.82) is 0 Å². The summed E-state index contributed by atoms with van der Waals surface area (Å²) >= 11 is 0. The lowest BCUT2D eigenvalue weighted by Crippen LogP contribution is -2.46. The number of carbonyl (C=O) groups is 2. The number of unbranched alkanes of at least 4 members (excludes halogenated alkanes) is 24. The molecule has 6 heteroatoms. The number of allylic oxidation sites excluding steroid dienone is 10. The molecule has 3 unspecified atom stereocenters. The number of ether oxygens (including phenoxy) is 1. The first-order valence-corrected chi connectivity index (χ1v) is 26.0. The van der Waals surface area contributed by atoms with Gasteiger partial charge in [-0.15, -0.1) is 0 Å². The van der Waals surface area contributed by atoms with E-state index in [4.69, 9.17) is 4.74 Å². The van der Waals surface area contributed by atoms with E-state index < -0.39 is 18.2 Å². The average Bonchev–Trinajstić information content (AvgIpc) is 3.25. The average molecular weight is 854 g/mol. The summed E-state index contributed by atoms with van der Waals surface area (Å²) in [7, 11) is 0. The fraction of sp³-hybridized carbons (Fsp3) is 0.782. The summed E-state index contributed by atoms with van der Waals surface area (Å²) in [5.74, 6) is -0.527. The molecule has 1 amide bonds. The van der Waals surface area contributed by atoms with Gasteiger partial charge in [-0.05, 0) is 83.5 Å². The molecule has 6 nitrogen and oxygen atoms in total. The Balaban J connectivity index is 4.48. The Morgan fingerprint density at radius 1 is 0.492 bits per heavy atom. The lowest BCUT2D eigenvalue weighted by Gasteiger charge is -2.24. The van der Waals surface area contributed by atoms with Gasteiger partial charge in [-0.2, -0.15) is 0 Å². The zero-order valence-electron chi connectivity index (χ0n) is 40.3. The quantitative estimate of drug-likeness (QED) is 0.0322. The van der Waals surface area contributed by atoms with Crippen LogP contribution >= 0.6 is 0 Å². The standard InChI is InChI=1S/C55H99NO5/c1-4-7-10-13-16-19-21-23-25-27-28-30-32-35-38-41-44-47-53(58)52(50-57)56-54(59)49-51(46-43-40-37-34-18-15-12-9-6-3)61-55(60)48-45-42-39-36-33-31-29-26-24-22-20-17-14-11-8-5-2/h8,11,15,17-18,20,24,26,31,33,51-53,57-58H,4-7,9-10,12-14,16,19,21-23,25,27-30,32,34-50H2,1-3H3,(H,56,59)/b11-8+,18-15-,20-17+,26-24+,33-31+. The molecule has 0 fully saturated rings. The van der Waals surface area contributed by atoms with Crippen LogP contribution in [0.2, 0.25) is 0 Å². The molecular weight excluding hydrogens is 755 g/mol. The first kappa shape index (κ1) is 58.6. The van der Waals surface area contributed by atoms with E-state index in [0.717, 1.165) is 103 Å². The van der Waals surface area contributed by atoms with E-state index in [-0.39, 0.29) is 24.9 Å². The number of aliphatic hydroxyl groups excluding tert-OH is 2. The Morgan fingerprint density at radius 2 is 0.902 bits per heavy atom. The van der Waals surface area contributed by atoms with E-state index in [0.29, 0.717) is 19.3 Å². The van der Waals surface area contributed by atoms with Crippen molar-refractivity contribution in [1.82, 2.24) is 5.32 Å². The summed E-state index contributed by atoms with van der Waals surface area (Å²) in [6.07, 6.45) is 60.0. The summed E-state index contributed by atoms with van der Waals surface area (Å²) in [5.41, 5.74) is 0. The summed E-state index contributed by atoms with van der Waals surface area (Å²) in [6.45, 7) is 6.32. The maximum atomic E-state index is 13.2. The third kappa shape index (κ3) is 44.0. The normalized spacial score (nSPS) is 13.7. The first-order valence-electron chi connectivity index (χ1n) is 26.0. The van der Waals surface area contributed by atoms with E-state index in [1.54, 1.807) is 0 Å². The largest absolute Gasteiger partial charge is 0.462 e. The molecule has 0 saturated heterocycles. The van der Waals surface area contributed by atoms with Crippen molar-refractivity contribution in [3.63, 3.8) is 0 Å². The number of esters is 1. The maximum absolute atomic E-state index is 13.2. The Kier molecular flexibility index (Phi) is 46.6. The van der Waals surface area contributed by atoms with Crippen LogP contribution in [0.25, 0.3) is 0 Å². The van der Waals surface area contributed by atoms with Crippen molar-refractivity contribution in [2.45, 2.75) is 270 Å². The van der Waals surface area contributed by atoms with Crippen LogP contribution in [0.3, 0.4) is 0 Å². The number of amides is 1. The monoisotopic (exact) mass is 854 g/mol. The molecule has 3 N–H and O–H groups in total. The highest BCUT2D eigenvalue weighted by Crippen LogP contribution is 2.17. The number of hydrogen-bond donors (Lipinski definition) is 3. The van der Waals surface area contributed by atoms with Gasteiger partial charge in [0.15, 0.2) is 0 Å². The molecule has 354 valence electrons. The fourth-order valence-electron chi connectivity index (χ4n) is 7.64. The van der Waals surface area contributed by atoms with Crippen LogP contribution in [-0.2, 0) is 14.3 Å². The molecule has 0 aliphatic heterocycles. The minimum Gasteiger partial charge on any atom is -0.462 e.